The molecule has 0 spiro atoms. The molecule has 2 aromatic carbocycles. The van der Waals surface area contributed by atoms with Crippen LogP contribution in [0.25, 0.3) is 0 Å². The predicted molar refractivity (Wildman–Crippen MR) is 143 cm³/mol. The average Bonchev–Trinajstić information content (AvgIpc) is 3.39. The van der Waals surface area contributed by atoms with Crippen molar-refractivity contribution in [2.45, 2.75) is 71.8 Å². The maximum atomic E-state index is 15.6. The first-order chi connectivity index (χ1) is 17.8. The Morgan fingerprint density at radius 3 is 2.54 bits per heavy atom. The highest BCUT2D eigenvalue weighted by Gasteiger charge is 2.34. The molecular formula is C30H35FN4O2. The fourth-order valence-electron chi connectivity index (χ4n) is 5.35. The number of carbonyl (C=O) groups is 1. The molecule has 2 heterocycles. The maximum absolute atomic E-state index is 15.6. The topological polar surface area (TPSA) is 63.7 Å². The first kappa shape index (κ1) is 26.4. The SMILES string of the molecule is CC(C)N(C(=O)c1ccccc1N(c1cc(C#N)ccc1F)C1CCCCN1Cc1ccoc1)C(C)C. The zero-order valence-corrected chi connectivity index (χ0v) is 22.0. The van der Waals surface area contributed by atoms with Crippen LogP contribution >= 0.6 is 0 Å². The summed E-state index contributed by atoms with van der Waals surface area (Å²) in [6, 6.07) is 15.9. The number of hydrogen-bond donors (Lipinski definition) is 0. The molecule has 1 fully saturated rings. The largest absolute Gasteiger partial charge is 0.472 e. The molecule has 1 amide bonds. The van der Waals surface area contributed by atoms with Crippen molar-refractivity contribution in [2.75, 3.05) is 11.4 Å². The lowest BCUT2D eigenvalue weighted by atomic mass is 10.0. The van der Waals surface area contributed by atoms with E-state index in [1.54, 1.807) is 18.6 Å². The molecule has 3 aromatic rings. The first-order valence-corrected chi connectivity index (χ1v) is 13.0. The lowest BCUT2D eigenvalue weighted by Gasteiger charge is -2.44. The van der Waals surface area contributed by atoms with E-state index in [2.05, 4.69) is 11.0 Å². The van der Waals surface area contributed by atoms with Gasteiger partial charge in [0.05, 0.1) is 47.3 Å². The van der Waals surface area contributed by atoms with Gasteiger partial charge in [-0.3, -0.25) is 9.69 Å². The number of rotatable bonds is 8. The Balaban J connectivity index is 1.88. The highest BCUT2D eigenvalue weighted by atomic mass is 19.1. The van der Waals surface area contributed by atoms with Crippen LogP contribution in [0.3, 0.4) is 0 Å². The minimum absolute atomic E-state index is 0.0000657. The zero-order chi connectivity index (χ0) is 26.5. The van der Waals surface area contributed by atoms with E-state index < -0.39 is 5.82 Å². The summed E-state index contributed by atoms with van der Waals surface area (Å²) in [5.74, 6) is -0.528. The lowest BCUT2D eigenvalue weighted by Crippen LogP contribution is -2.50. The van der Waals surface area contributed by atoms with Crippen LogP contribution in [0, 0.1) is 17.1 Å². The van der Waals surface area contributed by atoms with E-state index >= 15 is 4.39 Å². The quantitative estimate of drug-likeness (QED) is 0.343. The van der Waals surface area contributed by atoms with Gasteiger partial charge in [0.15, 0.2) is 0 Å². The van der Waals surface area contributed by atoms with Crippen molar-refractivity contribution in [2.24, 2.45) is 0 Å². The van der Waals surface area contributed by atoms with Gasteiger partial charge in [-0.05, 0) is 83.4 Å². The van der Waals surface area contributed by atoms with Crippen LogP contribution in [0.1, 0.15) is 68.4 Å². The molecule has 1 saturated heterocycles. The van der Waals surface area contributed by atoms with Gasteiger partial charge in [-0.2, -0.15) is 5.26 Å². The fraction of sp³-hybridized carbons (Fsp3) is 0.400. The summed E-state index contributed by atoms with van der Waals surface area (Å²) in [6.45, 7) is 9.47. The Labute approximate surface area is 218 Å². The lowest BCUT2D eigenvalue weighted by molar-refractivity contribution is 0.0643. The molecule has 1 aromatic heterocycles. The van der Waals surface area contributed by atoms with Crippen molar-refractivity contribution >= 4 is 17.3 Å². The highest BCUT2D eigenvalue weighted by Crippen LogP contribution is 2.38. The molecule has 0 saturated carbocycles. The molecule has 0 bridgehead atoms. The molecule has 0 N–H and O–H groups in total. The zero-order valence-electron chi connectivity index (χ0n) is 22.0. The third-order valence-electron chi connectivity index (χ3n) is 6.92. The van der Waals surface area contributed by atoms with Gasteiger partial charge < -0.3 is 14.2 Å². The van der Waals surface area contributed by atoms with Crippen molar-refractivity contribution in [3.05, 3.63) is 83.6 Å². The molecule has 194 valence electrons. The number of nitrogens with zero attached hydrogens (tertiary/aromatic N) is 4. The molecule has 7 heteroatoms. The molecule has 1 atom stereocenters. The van der Waals surface area contributed by atoms with Crippen LogP contribution in [0.15, 0.2) is 65.5 Å². The molecule has 6 nitrogen and oxygen atoms in total. The number of amides is 1. The molecule has 37 heavy (non-hydrogen) atoms. The minimum atomic E-state index is -0.431. The van der Waals surface area contributed by atoms with Crippen molar-refractivity contribution in [3.63, 3.8) is 0 Å². The number of likely N-dealkylation sites (tertiary alicyclic amines) is 1. The van der Waals surface area contributed by atoms with E-state index in [0.717, 1.165) is 31.4 Å². The van der Waals surface area contributed by atoms with Crippen molar-refractivity contribution < 1.29 is 13.6 Å². The predicted octanol–water partition coefficient (Wildman–Crippen LogP) is 6.70. The van der Waals surface area contributed by atoms with E-state index in [4.69, 9.17) is 4.42 Å². The molecule has 1 aliphatic heterocycles. The molecule has 4 rings (SSSR count). The Hall–Kier alpha value is -3.63. The van der Waals surface area contributed by atoms with Gasteiger partial charge in [0, 0.05) is 30.7 Å². The number of hydrogen-bond acceptors (Lipinski definition) is 5. The van der Waals surface area contributed by atoms with E-state index in [-0.39, 0.29) is 24.2 Å². The number of halogens is 1. The number of benzene rings is 2. The molecular weight excluding hydrogens is 467 g/mol. The van der Waals surface area contributed by atoms with Gasteiger partial charge in [-0.25, -0.2) is 4.39 Å². The average molecular weight is 503 g/mol. The molecule has 1 aliphatic rings. The van der Waals surface area contributed by atoms with Crippen molar-refractivity contribution in [3.8, 4) is 6.07 Å². The molecule has 1 unspecified atom stereocenters. The summed E-state index contributed by atoms with van der Waals surface area (Å²) in [7, 11) is 0. The summed E-state index contributed by atoms with van der Waals surface area (Å²) in [6.07, 6.45) is 5.96. The highest BCUT2D eigenvalue weighted by molar-refractivity contribution is 6.01. The number of para-hydroxylation sites is 1. The number of furan rings is 1. The normalized spacial score (nSPS) is 16.1. The van der Waals surface area contributed by atoms with Gasteiger partial charge >= 0.3 is 0 Å². The van der Waals surface area contributed by atoms with E-state index in [9.17, 15) is 10.1 Å². The number of piperidine rings is 1. The summed E-state index contributed by atoms with van der Waals surface area (Å²) < 4.78 is 20.9. The Bertz CT molecular complexity index is 1240. The van der Waals surface area contributed by atoms with Crippen LogP contribution in [-0.4, -0.2) is 40.5 Å². The Kier molecular flexibility index (Phi) is 8.30. The second-order valence-corrected chi connectivity index (χ2v) is 10.1. The molecule has 0 aliphatic carbocycles. The summed E-state index contributed by atoms with van der Waals surface area (Å²) >= 11 is 0. The molecule has 0 radical (unpaired) electrons. The third kappa shape index (κ3) is 5.70. The van der Waals surface area contributed by atoms with Gasteiger partial charge in [0.25, 0.3) is 5.91 Å². The summed E-state index contributed by atoms with van der Waals surface area (Å²) in [4.78, 5) is 20.0. The van der Waals surface area contributed by atoms with Gasteiger partial charge in [-0.1, -0.05) is 12.1 Å². The summed E-state index contributed by atoms with van der Waals surface area (Å²) in [5.41, 5.74) is 2.85. The van der Waals surface area contributed by atoms with Crippen molar-refractivity contribution in [1.82, 2.24) is 9.80 Å². The van der Waals surface area contributed by atoms with Crippen LogP contribution in [0.2, 0.25) is 0 Å². The van der Waals surface area contributed by atoms with Gasteiger partial charge in [0.2, 0.25) is 0 Å². The third-order valence-corrected chi connectivity index (χ3v) is 6.92. The minimum Gasteiger partial charge on any atom is -0.472 e. The van der Waals surface area contributed by atoms with Crippen molar-refractivity contribution in [1.29, 1.82) is 5.26 Å². The summed E-state index contributed by atoms with van der Waals surface area (Å²) in [5, 5.41) is 9.60. The van der Waals surface area contributed by atoms with Gasteiger partial charge in [-0.15, -0.1) is 0 Å². The van der Waals surface area contributed by atoms with Crippen LogP contribution in [0.5, 0.6) is 0 Å². The monoisotopic (exact) mass is 502 g/mol. The number of carbonyl (C=O) groups excluding carboxylic acids is 1. The van der Waals surface area contributed by atoms with Crippen LogP contribution in [-0.2, 0) is 6.54 Å². The second-order valence-electron chi connectivity index (χ2n) is 10.1. The second kappa shape index (κ2) is 11.6. The number of anilines is 2. The number of nitriles is 1. The van der Waals surface area contributed by atoms with Crippen LogP contribution < -0.4 is 4.90 Å². The Morgan fingerprint density at radius 2 is 1.86 bits per heavy atom. The maximum Gasteiger partial charge on any atom is 0.256 e. The standard InChI is InChI=1S/C30H35FN4O2/c1-21(2)34(22(3)4)30(36)25-9-5-6-10-27(25)35(28-17-23(18-32)12-13-26(28)31)29-11-7-8-15-33(29)19-24-14-16-37-20-24/h5-6,9-10,12-14,16-17,20-22,29H,7-8,11,15,19H2,1-4H3. The van der Waals surface area contributed by atoms with E-state index in [1.165, 1.54) is 12.1 Å². The fourth-order valence-corrected chi connectivity index (χ4v) is 5.35. The first-order valence-electron chi connectivity index (χ1n) is 13.0. The van der Waals surface area contributed by atoms with Crippen LogP contribution in [0.4, 0.5) is 15.8 Å². The van der Waals surface area contributed by atoms with Gasteiger partial charge in [0.1, 0.15) is 5.82 Å². The smallest absolute Gasteiger partial charge is 0.256 e. The van der Waals surface area contributed by atoms with E-state index in [0.29, 0.717) is 29.0 Å². The van der Waals surface area contributed by atoms with E-state index in [1.807, 2.05) is 67.8 Å². The Morgan fingerprint density at radius 1 is 1.11 bits per heavy atom.